The molecule has 1 aliphatic carbocycles. The zero-order valence-electron chi connectivity index (χ0n) is 17.3. The fraction of sp³-hybridized carbons (Fsp3) is 0.435. The summed E-state index contributed by atoms with van der Waals surface area (Å²) in [6.07, 6.45) is 7.99. The van der Waals surface area contributed by atoms with Gasteiger partial charge in [0, 0.05) is 17.5 Å². The number of hydrogen-bond acceptors (Lipinski definition) is 5. The number of aromatic nitrogens is 3. The monoisotopic (exact) mass is 421 g/mol. The van der Waals surface area contributed by atoms with E-state index in [4.69, 9.17) is 15.7 Å². The van der Waals surface area contributed by atoms with Gasteiger partial charge in [-0.1, -0.05) is 11.2 Å². The highest BCUT2D eigenvalue weighted by Gasteiger charge is 2.61. The molecule has 2 N–H and O–H groups in total. The average Bonchev–Trinajstić information content (AvgIpc) is 3.07. The number of fused-ring (bicyclic) bond motifs is 1. The number of aromatic carboxylic acids is 1. The van der Waals surface area contributed by atoms with Gasteiger partial charge in [-0.2, -0.15) is 0 Å². The van der Waals surface area contributed by atoms with Crippen molar-refractivity contribution in [3.8, 4) is 12.3 Å². The number of aromatic amines is 1. The zero-order chi connectivity index (χ0) is 22.0. The highest BCUT2D eigenvalue weighted by Crippen LogP contribution is 2.55. The van der Waals surface area contributed by atoms with Crippen molar-refractivity contribution in [3.63, 3.8) is 0 Å². The third-order valence-corrected chi connectivity index (χ3v) is 6.60. The normalized spacial score (nSPS) is 27.1. The SMILES string of the molecule is C#C[C@H]1C[C@]1(c1noc(=O)[nH]1)n1c(C(=O)O)cc2cc([C@H]3CCOC(C)(C)C3)ccc21. The summed E-state index contributed by atoms with van der Waals surface area (Å²) in [7, 11) is 0. The van der Waals surface area contributed by atoms with Crippen LogP contribution in [0.1, 0.15) is 60.9 Å². The fourth-order valence-electron chi connectivity index (χ4n) is 5.07. The van der Waals surface area contributed by atoms with E-state index in [0.717, 1.165) is 29.3 Å². The molecule has 0 unspecified atom stereocenters. The van der Waals surface area contributed by atoms with Crippen LogP contribution in [0.4, 0.5) is 0 Å². The molecule has 0 amide bonds. The molecule has 0 spiro atoms. The molecule has 1 aromatic carbocycles. The van der Waals surface area contributed by atoms with Crippen molar-refractivity contribution < 1.29 is 19.2 Å². The molecule has 160 valence electrons. The maximum atomic E-state index is 12.2. The van der Waals surface area contributed by atoms with Gasteiger partial charge >= 0.3 is 11.7 Å². The van der Waals surface area contributed by atoms with Gasteiger partial charge in [0.2, 0.25) is 0 Å². The summed E-state index contributed by atoms with van der Waals surface area (Å²) in [4.78, 5) is 26.4. The lowest BCUT2D eigenvalue weighted by atomic mass is 9.83. The van der Waals surface area contributed by atoms with E-state index in [2.05, 4.69) is 36.0 Å². The quantitative estimate of drug-likeness (QED) is 0.627. The summed E-state index contributed by atoms with van der Waals surface area (Å²) in [6, 6.07) is 7.70. The molecule has 1 saturated heterocycles. The molecule has 3 aromatic rings. The molecule has 3 heterocycles. The second-order valence-corrected chi connectivity index (χ2v) is 9.08. The molecule has 8 nitrogen and oxygen atoms in total. The Labute approximate surface area is 178 Å². The molecule has 5 rings (SSSR count). The van der Waals surface area contributed by atoms with Crippen molar-refractivity contribution >= 4 is 16.9 Å². The molecule has 1 saturated carbocycles. The molecule has 2 aliphatic rings. The highest BCUT2D eigenvalue weighted by atomic mass is 16.5. The molecule has 2 aromatic heterocycles. The first kappa shape index (κ1) is 19.6. The second-order valence-electron chi connectivity index (χ2n) is 9.08. The minimum Gasteiger partial charge on any atom is -0.477 e. The Kier molecular flexibility index (Phi) is 4.18. The van der Waals surface area contributed by atoms with Crippen LogP contribution in [0.2, 0.25) is 0 Å². The Hall–Kier alpha value is -3.31. The Morgan fingerprint density at radius 1 is 1.35 bits per heavy atom. The first-order valence-corrected chi connectivity index (χ1v) is 10.3. The molecule has 0 bridgehead atoms. The fourth-order valence-corrected chi connectivity index (χ4v) is 5.07. The third-order valence-electron chi connectivity index (χ3n) is 6.60. The first-order valence-electron chi connectivity index (χ1n) is 10.3. The number of ether oxygens (including phenoxy) is 1. The van der Waals surface area contributed by atoms with Gasteiger partial charge in [0.15, 0.2) is 5.82 Å². The van der Waals surface area contributed by atoms with Crippen molar-refractivity contribution in [3.05, 3.63) is 51.9 Å². The lowest BCUT2D eigenvalue weighted by Gasteiger charge is -2.35. The molecule has 2 fully saturated rings. The second kappa shape index (κ2) is 6.59. The maximum absolute atomic E-state index is 12.2. The van der Waals surface area contributed by atoms with Crippen molar-refractivity contribution in [1.82, 2.24) is 14.7 Å². The number of hydrogen-bond donors (Lipinski definition) is 2. The van der Waals surface area contributed by atoms with E-state index in [1.807, 2.05) is 12.1 Å². The number of rotatable bonds is 4. The summed E-state index contributed by atoms with van der Waals surface area (Å²) in [5, 5.41) is 14.6. The van der Waals surface area contributed by atoms with Crippen LogP contribution in [-0.4, -0.2) is 38.0 Å². The van der Waals surface area contributed by atoms with Crippen LogP contribution in [0.3, 0.4) is 0 Å². The minimum absolute atomic E-state index is 0.0982. The van der Waals surface area contributed by atoms with E-state index in [0.29, 0.717) is 18.9 Å². The zero-order valence-corrected chi connectivity index (χ0v) is 17.3. The van der Waals surface area contributed by atoms with Crippen molar-refractivity contribution in [2.24, 2.45) is 5.92 Å². The Bertz CT molecular complexity index is 1290. The van der Waals surface area contributed by atoms with Crippen LogP contribution in [0.15, 0.2) is 33.6 Å². The van der Waals surface area contributed by atoms with Crippen molar-refractivity contribution in [2.75, 3.05) is 6.61 Å². The summed E-state index contributed by atoms with van der Waals surface area (Å²) in [5.74, 6) is 1.20. The van der Waals surface area contributed by atoms with E-state index in [-0.39, 0.29) is 23.0 Å². The van der Waals surface area contributed by atoms with Gasteiger partial charge in [0.1, 0.15) is 11.2 Å². The van der Waals surface area contributed by atoms with E-state index in [9.17, 15) is 14.7 Å². The number of carboxylic acids is 1. The number of carboxylic acid groups (broad SMARTS) is 1. The van der Waals surface area contributed by atoms with Gasteiger partial charge in [-0.3, -0.25) is 9.51 Å². The minimum atomic E-state index is -1.07. The lowest BCUT2D eigenvalue weighted by molar-refractivity contribution is -0.0592. The van der Waals surface area contributed by atoms with Crippen molar-refractivity contribution in [2.45, 2.75) is 50.2 Å². The standard InChI is InChI=1S/C23H23N3O5/c1-4-16-12-23(16,20-24-21(29)31-25-20)26-17-6-5-13(9-15(17)10-18(26)19(27)28)14-7-8-30-22(2,3)11-14/h1,5-6,9-10,14,16H,7-8,11-12H2,2-3H3,(H,27,28)(H,24,25,29)/t14-,16-,23-/m0/s1. The predicted molar refractivity (Wildman–Crippen MR) is 112 cm³/mol. The number of carbonyl (C=O) groups is 1. The average molecular weight is 421 g/mol. The largest absolute Gasteiger partial charge is 0.477 e. The summed E-state index contributed by atoms with van der Waals surface area (Å²) >= 11 is 0. The maximum Gasteiger partial charge on any atom is 0.438 e. The summed E-state index contributed by atoms with van der Waals surface area (Å²) in [6.45, 7) is 4.88. The summed E-state index contributed by atoms with van der Waals surface area (Å²) in [5.41, 5.74) is 0.854. The molecule has 1 aliphatic heterocycles. The van der Waals surface area contributed by atoms with Gasteiger partial charge in [-0.25, -0.2) is 9.59 Å². The smallest absolute Gasteiger partial charge is 0.438 e. The number of H-pyrrole nitrogens is 1. The first-order chi connectivity index (χ1) is 14.7. The molecule has 8 heteroatoms. The highest BCUT2D eigenvalue weighted by molar-refractivity contribution is 5.95. The molecule has 3 atom stereocenters. The van der Waals surface area contributed by atoms with Crippen LogP contribution >= 0.6 is 0 Å². The molecule has 0 radical (unpaired) electrons. The van der Waals surface area contributed by atoms with Gasteiger partial charge in [0.25, 0.3) is 0 Å². The molecule has 31 heavy (non-hydrogen) atoms. The Morgan fingerprint density at radius 2 is 2.16 bits per heavy atom. The van der Waals surface area contributed by atoms with Gasteiger partial charge in [-0.05, 0) is 62.8 Å². The van der Waals surface area contributed by atoms with Gasteiger partial charge in [0.05, 0.1) is 11.5 Å². The van der Waals surface area contributed by atoms with Crippen LogP contribution in [0.5, 0.6) is 0 Å². The number of terminal acetylenes is 1. The van der Waals surface area contributed by atoms with E-state index in [1.54, 1.807) is 10.6 Å². The van der Waals surface area contributed by atoms with E-state index in [1.165, 1.54) is 0 Å². The molecular formula is C23H23N3O5. The summed E-state index contributed by atoms with van der Waals surface area (Å²) < 4.78 is 12.2. The van der Waals surface area contributed by atoms with Gasteiger partial charge < -0.3 is 14.4 Å². The van der Waals surface area contributed by atoms with E-state index < -0.39 is 17.3 Å². The third kappa shape index (κ3) is 3.00. The van der Waals surface area contributed by atoms with E-state index >= 15 is 0 Å². The molecular weight excluding hydrogens is 398 g/mol. The van der Waals surface area contributed by atoms with Crippen LogP contribution in [0.25, 0.3) is 10.9 Å². The topological polar surface area (TPSA) is 110 Å². The number of benzene rings is 1. The van der Waals surface area contributed by atoms with Crippen molar-refractivity contribution in [1.29, 1.82) is 0 Å². The lowest BCUT2D eigenvalue weighted by Crippen LogP contribution is -2.32. The Balaban J connectivity index is 1.67. The number of nitrogens with one attached hydrogen (secondary N) is 1. The van der Waals surface area contributed by atoms with Crippen LogP contribution in [0, 0.1) is 18.3 Å². The van der Waals surface area contributed by atoms with Crippen LogP contribution < -0.4 is 5.76 Å². The number of nitrogens with zero attached hydrogens (tertiary/aromatic N) is 2. The van der Waals surface area contributed by atoms with Gasteiger partial charge in [-0.15, -0.1) is 12.3 Å². The Morgan fingerprint density at radius 3 is 2.77 bits per heavy atom. The van der Waals surface area contributed by atoms with Crippen LogP contribution in [-0.2, 0) is 10.3 Å². The predicted octanol–water partition coefficient (Wildman–Crippen LogP) is 3.09.